The van der Waals surface area contributed by atoms with Gasteiger partial charge in [0.25, 0.3) is 20.2 Å². The third-order valence-electron chi connectivity index (χ3n) is 8.42. The molecule has 0 fully saturated rings. The molecule has 0 saturated heterocycles. The molecule has 0 amide bonds. The molecule has 0 unspecified atom stereocenters. The van der Waals surface area contributed by atoms with Gasteiger partial charge in [0.15, 0.2) is 0 Å². The Labute approximate surface area is 288 Å². The smallest absolute Gasteiger partial charge is 0.297 e. The van der Waals surface area contributed by atoms with Crippen LogP contribution in [0.15, 0.2) is 39.2 Å². The van der Waals surface area contributed by atoms with Crippen molar-refractivity contribution in [2.75, 3.05) is 13.2 Å². The van der Waals surface area contributed by atoms with Crippen LogP contribution >= 0.6 is 0 Å². The van der Waals surface area contributed by atoms with Gasteiger partial charge in [-0.05, 0) is 74.4 Å². The average Bonchev–Trinajstić information content (AvgIpc) is 2.99. The number of hydrogen-bond acceptors (Lipinski definition) is 9. The van der Waals surface area contributed by atoms with E-state index in [9.17, 15) is 32.6 Å². The van der Waals surface area contributed by atoms with Crippen molar-refractivity contribution < 1.29 is 35.4 Å². The highest BCUT2D eigenvalue weighted by molar-refractivity contribution is 7.87. The van der Waals surface area contributed by atoms with Crippen LogP contribution in [0.1, 0.15) is 152 Å². The molecule has 2 aromatic rings. The van der Waals surface area contributed by atoms with Gasteiger partial charge in [-0.1, -0.05) is 112 Å². The van der Waals surface area contributed by atoms with Crippen LogP contribution in [0.3, 0.4) is 0 Å². The highest BCUT2D eigenvalue weighted by Gasteiger charge is 2.34. The standard InChI is InChI=1S/C35H55N3O8S2/c1-19(2)25-13-27(21(5)6)34(28(14-25)22(7)8)47(41,42)45-17-31(39)33(37-38-36)32(40)18-46-48(43,44)35-29(23(9)10)15-26(20(3)4)16-30(35)24(11)12/h13-16,19-24,31-33,39-40H,17-18H2,1-12H3/t31-,32-/m0/s1. The maximum atomic E-state index is 13.7. The topological polar surface area (TPSA) is 176 Å². The van der Waals surface area contributed by atoms with E-state index in [-0.39, 0.29) is 45.3 Å². The van der Waals surface area contributed by atoms with E-state index in [1.165, 1.54) is 0 Å². The number of azide groups is 1. The van der Waals surface area contributed by atoms with Crippen molar-refractivity contribution in [3.05, 3.63) is 68.1 Å². The zero-order valence-electron chi connectivity index (χ0n) is 30.4. The maximum Gasteiger partial charge on any atom is 0.297 e. The molecule has 2 N–H and O–H groups in total. The van der Waals surface area contributed by atoms with Crippen molar-refractivity contribution in [1.29, 1.82) is 0 Å². The second kappa shape index (κ2) is 16.9. The highest BCUT2D eigenvalue weighted by atomic mass is 32.2. The van der Waals surface area contributed by atoms with Crippen LogP contribution in [-0.4, -0.2) is 58.5 Å². The third kappa shape index (κ3) is 10.0. The Morgan fingerprint density at radius 3 is 1.06 bits per heavy atom. The SMILES string of the molecule is CC(C)c1cc(C(C)C)c(S(=O)(=O)OC[C@H](O)C(N=[N+]=[N-])[C@@H](O)COS(=O)(=O)c2c(C(C)C)cc(C(C)C)cc2C(C)C)c(C(C)C)c1. The Hall–Kier alpha value is -2.51. The van der Waals surface area contributed by atoms with Crippen molar-refractivity contribution in [3.8, 4) is 0 Å². The molecule has 0 heterocycles. The van der Waals surface area contributed by atoms with Crippen molar-refractivity contribution >= 4 is 20.2 Å². The molecule has 0 aliphatic rings. The number of rotatable bonds is 17. The van der Waals surface area contributed by atoms with Crippen LogP contribution in [-0.2, 0) is 28.6 Å². The van der Waals surface area contributed by atoms with E-state index in [1.54, 1.807) is 0 Å². The average molecular weight is 710 g/mol. The Morgan fingerprint density at radius 1 is 0.583 bits per heavy atom. The first-order valence-electron chi connectivity index (χ1n) is 16.6. The molecule has 2 atom stereocenters. The molecular formula is C35H55N3O8S2. The van der Waals surface area contributed by atoms with E-state index >= 15 is 0 Å². The van der Waals surface area contributed by atoms with Gasteiger partial charge >= 0.3 is 0 Å². The molecule has 270 valence electrons. The summed E-state index contributed by atoms with van der Waals surface area (Å²) in [6.45, 7) is 21.4. The molecule has 0 radical (unpaired) electrons. The Balaban J connectivity index is 2.40. The summed E-state index contributed by atoms with van der Waals surface area (Å²) in [4.78, 5) is 2.72. The lowest BCUT2D eigenvalue weighted by Gasteiger charge is -2.26. The number of hydrogen-bond donors (Lipinski definition) is 2. The van der Waals surface area contributed by atoms with E-state index in [1.807, 2.05) is 107 Å². The summed E-state index contributed by atoms with van der Waals surface area (Å²) in [6, 6.07) is 5.72. The minimum absolute atomic E-state index is 0.0183. The van der Waals surface area contributed by atoms with Gasteiger partial charge in [-0.15, -0.1) is 0 Å². The van der Waals surface area contributed by atoms with Gasteiger partial charge in [0.2, 0.25) is 0 Å². The van der Waals surface area contributed by atoms with Gasteiger partial charge in [0.05, 0.1) is 31.5 Å². The fourth-order valence-electron chi connectivity index (χ4n) is 5.46. The van der Waals surface area contributed by atoms with Crippen LogP contribution in [0.2, 0.25) is 0 Å². The highest BCUT2D eigenvalue weighted by Crippen LogP contribution is 2.37. The summed E-state index contributed by atoms with van der Waals surface area (Å²) in [5.74, 6) is -0.332. The van der Waals surface area contributed by atoms with Crippen LogP contribution in [0.5, 0.6) is 0 Å². The van der Waals surface area contributed by atoms with Crippen molar-refractivity contribution in [2.45, 2.75) is 147 Å². The lowest BCUT2D eigenvalue weighted by molar-refractivity contribution is 0.0108. The number of aliphatic hydroxyl groups excluding tert-OH is 2. The normalized spacial score (nSPS) is 14.2. The van der Waals surface area contributed by atoms with Gasteiger partial charge in [0.1, 0.15) is 9.79 Å². The molecule has 0 bridgehead atoms. The molecule has 0 saturated carbocycles. The Morgan fingerprint density at radius 2 is 0.854 bits per heavy atom. The number of aliphatic hydroxyl groups is 2. The number of benzene rings is 2. The zero-order valence-corrected chi connectivity index (χ0v) is 32.1. The van der Waals surface area contributed by atoms with E-state index < -0.39 is 51.7 Å². The first kappa shape index (κ1) is 41.7. The summed E-state index contributed by atoms with van der Waals surface area (Å²) in [5.41, 5.74) is 13.5. The van der Waals surface area contributed by atoms with Gasteiger partial charge in [0, 0.05) is 4.91 Å². The quantitative estimate of drug-likeness (QED) is 0.0720. The van der Waals surface area contributed by atoms with Gasteiger partial charge in [-0.25, -0.2) is 0 Å². The summed E-state index contributed by atoms with van der Waals surface area (Å²) in [5, 5.41) is 25.3. The van der Waals surface area contributed by atoms with Crippen LogP contribution in [0.25, 0.3) is 10.4 Å². The maximum absolute atomic E-state index is 13.7. The Kier molecular flexibility index (Phi) is 14.7. The fraction of sp³-hybridized carbons (Fsp3) is 0.657. The zero-order chi connectivity index (χ0) is 36.9. The van der Waals surface area contributed by atoms with Crippen molar-refractivity contribution in [1.82, 2.24) is 0 Å². The predicted octanol–water partition coefficient (Wildman–Crippen LogP) is 7.94. The fourth-order valence-corrected chi connectivity index (χ4v) is 8.67. The Bertz CT molecular complexity index is 1500. The second-order valence-corrected chi connectivity index (χ2v) is 17.4. The first-order chi connectivity index (χ1) is 22.1. The number of nitrogens with zero attached hydrogens (tertiary/aromatic N) is 3. The second-order valence-electron chi connectivity index (χ2n) is 14.3. The van der Waals surface area contributed by atoms with Crippen LogP contribution in [0, 0.1) is 0 Å². The third-order valence-corrected chi connectivity index (χ3v) is 11.3. The molecule has 0 aliphatic heterocycles. The largest absolute Gasteiger partial charge is 0.390 e. The van der Waals surface area contributed by atoms with E-state index in [0.29, 0.717) is 22.3 Å². The lowest BCUT2D eigenvalue weighted by atomic mass is 9.89. The molecule has 0 spiro atoms. The van der Waals surface area contributed by atoms with E-state index in [0.717, 1.165) is 11.1 Å². The first-order valence-corrected chi connectivity index (χ1v) is 19.4. The molecule has 13 heteroatoms. The van der Waals surface area contributed by atoms with E-state index in [4.69, 9.17) is 8.37 Å². The van der Waals surface area contributed by atoms with Crippen molar-refractivity contribution in [2.24, 2.45) is 5.11 Å². The molecule has 11 nitrogen and oxygen atoms in total. The summed E-state index contributed by atoms with van der Waals surface area (Å²) < 4.78 is 65.3. The minimum Gasteiger partial charge on any atom is -0.390 e. The minimum atomic E-state index is -4.43. The summed E-state index contributed by atoms with van der Waals surface area (Å²) in [7, 11) is -8.87. The van der Waals surface area contributed by atoms with E-state index in [2.05, 4.69) is 10.0 Å². The van der Waals surface area contributed by atoms with Gasteiger partial charge in [-0.2, -0.15) is 16.8 Å². The summed E-state index contributed by atoms with van der Waals surface area (Å²) >= 11 is 0. The molecule has 0 aliphatic carbocycles. The molecule has 48 heavy (non-hydrogen) atoms. The lowest BCUT2D eigenvalue weighted by Crippen LogP contribution is -2.42. The molecule has 2 rings (SSSR count). The van der Waals surface area contributed by atoms with Crippen molar-refractivity contribution in [3.63, 3.8) is 0 Å². The molecular weight excluding hydrogens is 655 g/mol. The predicted molar refractivity (Wildman–Crippen MR) is 189 cm³/mol. The van der Waals surface area contributed by atoms with Gasteiger partial charge < -0.3 is 10.2 Å². The summed E-state index contributed by atoms with van der Waals surface area (Å²) in [6.07, 6.45) is -3.64. The van der Waals surface area contributed by atoms with Gasteiger partial charge in [-0.3, -0.25) is 8.37 Å². The molecule has 2 aromatic carbocycles. The van der Waals surface area contributed by atoms with Crippen LogP contribution < -0.4 is 0 Å². The monoisotopic (exact) mass is 709 g/mol. The molecule has 0 aromatic heterocycles. The van der Waals surface area contributed by atoms with Crippen LogP contribution in [0.4, 0.5) is 0 Å².